The lowest BCUT2D eigenvalue weighted by Crippen LogP contribution is -2.23. The summed E-state index contributed by atoms with van der Waals surface area (Å²) in [4.78, 5) is 13.4. The van der Waals surface area contributed by atoms with Gasteiger partial charge in [0.1, 0.15) is 5.75 Å². The lowest BCUT2D eigenvalue weighted by Gasteiger charge is -2.12. The van der Waals surface area contributed by atoms with Gasteiger partial charge < -0.3 is 10.1 Å². The van der Waals surface area contributed by atoms with Crippen molar-refractivity contribution in [3.63, 3.8) is 0 Å². The van der Waals surface area contributed by atoms with Crippen molar-refractivity contribution in [1.29, 1.82) is 0 Å². The van der Waals surface area contributed by atoms with E-state index in [4.69, 9.17) is 0 Å². The second-order valence-corrected chi connectivity index (χ2v) is 7.86. The number of hydrogen-bond donors (Lipinski definition) is 1. The minimum atomic E-state index is -4.76. The molecule has 7 nitrogen and oxygen atoms in total. The second-order valence-electron chi connectivity index (χ2n) is 5.52. The minimum Gasteiger partial charge on any atom is -0.406 e. The van der Waals surface area contributed by atoms with Crippen molar-refractivity contribution in [2.45, 2.75) is 30.2 Å². The van der Waals surface area contributed by atoms with Crippen LogP contribution in [0.5, 0.6) is 5.75 Å². The Hall–Kier alpha value is -2.60. The molecule has 1 aromatic carbocycles. The number of thiophene rings is 1. The molecule has 0 aliphatic rings. The molecule has 3 aromatic rings. The molecule has 0 fully saturated rings. The van der Waals surface area contributed by atoms with E-state index in [9.17, 15) is 18.0 Å². The van der Waals surface area contributed by atoms with E-state index in [1.807, 2.05) is 17.5 Å². The van der Waals surface area contributed by atoms with Crippen LogP contribution in [0.4, 0.5) is 18.9 Å². The summed E-state index contributed by atoms with van der Waals surface area (Å²) in [7, 11) is 0. The predicted octanol–water partition coefficient (Wildman–Crippen LogP) is 3.80. The van der Waals surface area contributed by atoms with E-state index in [0.29, 0.717) is 17.4 Å². The van der Waals surface area contributed by atoms with Crippen LogP contribution >= 0.6 is 23.1 Å². The third-order valence-electron chi connectivity index (χ3n) is 3.39. The maximum Gasteiger partial charge on any atom is 0.573 e. The molecule has 28 heavy (non-hydrogen) atoms. The van der Waals surface area contributed by atoms with Crippen LogP contribution in [0.15, 0.2) is 46.9 Å². The highest BCUT2D eigenvalue weighted by atomic mass is 32.2. The maximum absolute atomic E-state index is 12.4. The molecular weight excluding hydrogens is 415 g/mol. The summed E-state index contributed by atoms with van der Waals surface area (Å²) < 4.78 is 41.9. The first-order chi connectivity index (χ1) is 13.3. The molecular formula is C16H14F3N5O2S2. The molecule has 0 aliphatic heterocycles. The number of aromatic nitrogens is 4. The quantitative estimate of drug-likeness (QED) is 0.576. The summed E-state index contributed by atoms with van der Waals surface area (Å²) in [5.74, 6) is -0.694. The number of nitrogens with zero attached hydrogens (tertiary/aromatic N) is 4. The van der Waals surface area contributed by atoms with Gasteiger partial charge in [0.15, 0.2) is 0 Å². The largest absolute Gasteiger partial charge is 0.573 e. The average molecular weight is 429 g/mol. The number of benzene rings is 1. The van der Waals surface area contributed by atoms with E-state index >= 15 is 0 Å². The van der Waals surface area contributed by atoms with Crippen LogP contribution in [0, 0.1) is 0 Å². The molecule has 1 atom stereocenters. The number of hydrogen-bond acceptors (Lipinski definition) is 7. The van der Waals surface area contributed by atoms with Gasteiger partial charge in [-0.2, -0.15) is 0 Å². The zero-order valence-electron chi connectivity index (χ0n) is 14.4. The highest BCUT2D eigenvalue weighted by molar-refractivity contribution is 8.00. The predicted molar refractivity (Wildman–Crippen MR) is 98.3 cm³/mol. The Morgan fingerprint density at radius 1 is 1.32 bits per heavy atom. The van der Waals surface area contributed by atoms with Gasteiger partial charge in [0.25, 0.3) is 0 Å². The average Bonchev–Trinajstić information content (AvgIpc) is 3.28. The smallest absolute Gasteiger partial charge is 0.406 e. The molecule has 0 aliphatic carbocycles. The molecule has 148 valence electrons. The minimum absolute atomic E-state index is 0.333. The van der Waals surface area contributed by atoms with Crippen molar-refractivity contribution in [1.82, 2.24) is 20.2 Å². The molecule has 1 unspecified atom stereocenters. The summed E-state index contributed by atoms with van der Waals surface area (Å²) in [6, 6.07) is 8.81. The second kappa shape index (κ2) is 8.61. The third-order valence-corrected chi connectivity index (χ3v) is 5.32. The summed E-state index contributed by atoms with van der Waals surface area (Å²) >= 11 is 2.76. The Morgan fingerprint density at radius 2 is 2.07 bits per heavy atom. The first kappa shape index (κ1) is 20.1. The van der Waals surface area contributed by atoms with Crippen LogP contribution in [0.3, 0.4) is 0 Å². The van der Waals surface area contributed by atoms with Crippen LogP contribution in [-0.2, 0) is 11.3 Å². The normalized spacial score (nSPS) is 12.6. The SMILES string of the molecule is CC(Sc1nnnn1Cc1cccs1)C(=O)Nc1ccc(OC(F)(F)F)cc1. The monoisotopic (exact) mass is 429 g/mol. The summed E-state index contributed by atoms with van der Waals surface area (Å²) in [5, 5.41) is 16.1. The van der Waals surface area contributed by atoms with Crippen molar-refractivity contribution < 1.29 is 22.7 Å². The van der Waals surface area contributed by atoms with Crippen molar-refractivity contribution >= 4 is 34.7 Å². The zero-order valence-corrected chi connectivity index (χ0v) is 16.0. The van der Waals surface area contributed by atoms with E-state index in [2.05, 4.69) is 25.6 Å². The molecule has 2 aromatic heterocycles. The standard InChI is InChI=1S/C16H14F3N5O2S2/c1-10(28-15-21-22-23-24(15)9-13-3-2-8-27-13)14(25)20-11-4-6-12(7-5-11)26-16(17,18)19/h2-8,10H,9H2,1H3,(H,20,25). The molecule has 12 heteroatoms. The van der Waals surface area contributed by atoms with Crippen LogP contribution in [0.1, 0.15) is 11.8 Å². The van der Waals surface area contributed by atoms with Gasteiger partial charge in [0, 0.05) is 10.6 Å². The number of ether oxygens (including phenoxy) is 1. The highest BCUT2D eigenvalue weighted by Gasteiger charge is 2.31. The molecule has 1 N–H and O–H groups in total. The number of alkyl halides is 3. The van der Waals surface area contributed by atoms with Crippen molar-refractivity contribution in [3.8, 4) is 5.75 Å². The third kappa shape index (κ3) is 5.70. The molecule has 1 amide bonds. The molecule has 0 bridgehead atoms. The molecule has 0 radical (unpaired) electrons. The van der Waals surface area contributed by atoms with Crippen molar-refractivity contribution in [3.05, 3.63) is 46.7 Å². The van der Waals surface area contributed by atoms with E-state index in [0.717, 1.165) is 17.0 Å². The van der Waals surface area contributed by atoms with Gasteiger partial charge in [-0.25, -0.2) is 4.68 Å². The summed E-state index contributed by atoms with van der Waals surface area (Å²) in [5.41, 5.74) is 0.352. The van der Waals surface area contributed by atoms with Gasteiger partial charge in [0.2, 0.25) is 11.1 Å². The number of anilines is 1. The summed E-state index contributed by atoms with van der Waals surface area (Å²) in [6.07, 6.45) is -4.76. The molecule has 0 saturated carbocycles. The number of carbonyl (C=O) groups excluding carboxylic acids is 1. The highest BCUT2D eigenvalue weighted by Crippen LogP contribution is 2.25. The fraction of sp³-hybridized carbons (Fsp3) is 0.250. The van der Waals surface area contributed by atoms with Gasteiger partial charge >= 0.3 is 6.36 Å². The number of thioether (sulfide) groups is 1. The van der Waals surface area contributed by atoms with Crippen molar-refractivity contribution in [2.24, 2.45) is 0 Å². The van der Waals surface area contributed by atoms with E-state index in [-0.39, 0.29) is 11.7 Å². The molecule has 0 saturated heterocycles. The van der Waals surface area contributed by atoms with Crippen LogP contribution < -0.4 is 10.1 Å². The van der Waals surface area contributed by atoms with Crippen LogP contribution in [-0.4, -0.2) is 37.7 Å². The number of tetrazole rings is 1. The van der Waals surface area contributed by atoms with E-state index in [1.165, 1.54) is 23.9 Å². The first-order valence-electron chi connectivity index (χ1n) is 7.92. The Kier molecular flexibility index (Phi) is 6.19. The Balaban J connectivity index is 1.57. The van der Waals surface area contributed by atoms with E-state index in [1.54, 1.807) is 22.9 Å². The van der Waals surface area contributed by atoms with Gasteiger partial charge in [-0.3, -0.25) is 4.79 Å². The molecule has 3 rings (SSSR count). The first-order valence-corrected chi connectivity index (χ1v) is 9.68. The zero-order chi connectivity index (χ0) is 20.1. The van der Waals surface area contributed by atoms with Crippen LogP contribution in [0.2, 0.25) is 0 Å². The topological polar surface area (TPSA) is 81.9 Å². The molecule has 2 heterocycles. The van der Waals surface area contributed by atoms with Gasteiger partial charge in [-0.05, 0) is 53.1 Å². The van der Waals surface area contributed by atoms with Gasteiger partial charge in [-0.15, -0.1) is 29.6 Å². The lowest BCUT2D eigenvalue weighted by atomic mass is 10.3. The fourth-order valence-corrected chi connectivity index (χ4v) is 3.60. The molecule has 0 spiro atoms. The number of nitrogens with one attached hydrogen (secondary N) is 1. The summed E-state index contributed by atoms with van der Waals surface area (Å²) in [6.45, 7) is 2.19. The van der Waals surface area contributed by atoms with E-state index < -0.39 is 11.6 Å². The van der Waals surface area contributed by atoms with Gasteiger partial charge in [-0.1, -0.05) is 17.8 Å². The fourth-order valence-electron chi connectivity index (χ4n) is 2.13. The lowest BCUT2D eigenvalue weighted by molar-refractivity contribution is -0.274. The van der Waals surface area contributed by atoms with Crippen LogP contribution in [0.25, 0.3) is 0 Å². The van der Waals surface area contributed by atoms with Gasteiger partial charge in [0.05, 0.1) is 11.8 Å². The number of amides is 1. The Bertz CT molecular complexity index is 913. The number of rotatable bonds is 7. The van der Waals surface area contributed by atoms with Crippen molar-refractivity contribution in [2.75, 3.05) is 5.32 Å². The maximum atomic E-state index is 12.4. The number of carbonyl (C=O) groups is 1. The number of halogens is 3. The Labute approximate surface area is 165 Å². The Morgan fingerprint density at radius 3 is 2.71 bits per heavy atom.